The van der Waals surface area contributed by atoms with Crippen molar-refractivity contribution in [1.82, 2.24) is 19.6 Å². The highest BCUT2D eigenvalue weighted by atomic mass is 32.1. The summed E-state index contributed by atoms with van der Waals surface area (Å²) in [6.07, 6.45) is -5.52. The van der Waals surface area contributed by atoms with E-state index in [1.54, 1.807) is 12.1 Å². The van der Waals surface area contributed by atoms with E-state index in [9.17, 15) is 22.8 Å². The van der Waals surface area contributed by atoms with E-state index in [4.69, 9.17) is 5.11 Å². The van der Waals surface area contributed by atoms with Crippen LogP contribution in [0, 0.1) is 0 Å². The van der Waals surface area contributed by atoms with Crippen LogP contribution >= 0.6 is 11.3 Å². The van der Waals surface area contributed by atoms with Crippen LogP contribution in [0.3, 0.4) is 0 Å². The summed E-state index contributed by atoms with van der Waals surface area (Å²) >= 11 is 1.06. The minimum Gasteiger partial charge on any atom is -0.465 e. The van der Waals surface area contributed by atoms with Gasteiger partial charge in [0.25, 0.3) is 5.91 Å². The fourth-order valence-electron chi connectivity index (χ4n) is 2.70. The Balaban J connectivity index is 1.74. The van der Waals surface area contributed by atoms with Crippen LogP contribution < -0.4 is 0 Å². The first-order valence-electron chi connectivity index (χ1n) is 7.65. The van der Waals surface area contributed by atoms with Crippen LogP contribution in [0.15, 0.2) is 18.2 Å². The Hall–Kier alpha value is -2.56. The fourth-order valence-corrected chi connectivity index (χ4v) is 3.63. The molecule has 0 aromatic carbocycles. The van der Waals surface area contributed by atoms with Gasteiger partial charge in [0.2, 0.25) is 0 Å². The molecule has 0 saturated carbocycles. The molecule has 0 bridgehead atoms. The predicted octanol–water partition coefficient (Wildman–Crippen LogP) is 2.60. The molecule has 2 aromatic heterocycles. The lowest BCUT2D eigenvalue weighted by Crippen LogP contribution is -2.50. The molecule has 1 N–H and O–H groups in total. The van der Waals surface area contributed by atoms with E-state index in [1.165, 1.54) is 16.8 Å². The van der Waals surface area contributed by atoms with Gasteiger partial charge in [0.15, 0.2) is 0 Å². The number of hydrogen-bond donors (Lipinski definition) is 1. The Morgan fingerprint density at radius 3 is 2.31 bits per heavy atom. The van der Waals surface area contributed by atoms with Crippen molar-refractivity contribution in [3.8, 4) is 10.6 Å². The highest BCUT2D eigenvalue weighted by molar-refractivity contribution is 7.17. The Morgan fingerprint density at radius 1 is 1.15 bits per heavy atom. The number of carbonyl (C=O) groups is 2. The third-order valence-corrected chi connectivity index (χ3v) is 5.17. The lowest BCUT2D eigenvalue weighted by atomic mass is 10.3. The average molecular weight is 388 g/mol. The van der Waals surface area contributed by atoms with E-state index in [0.717, 1.165) is 22.1 Å². The zero-order valence-corrected chi connectivity index (χ0v) is 14.5. The standard InChI is InChI=1S/C15H15F3N4O3S/c1-20-12(15(16,17)18)8-9(19-20)10-2-3-11(26-10)13(23)21-4-6-22(7-5-21)14(24)25/h2-3,8H,4-7H2,1H3,(H,24,25). The van der Waals surface area contributed by atoms with Gasteiger partial charge >= 0.3 is 12.3 Å². The van der Waals surface area contributed by atoms with Gasteiger partial charge in [0.05, 0.1) is 9.75 Å². The van der Waals surface area contributed by atoms with E-state index in [-0.39, 0.29) is 37.8 Å². The quantitative estimate of drug-likeness (QED) is 0.858. The van der Waals surface area contributed by atoms with Crippen LogP contribution in [0.5, 0.6) is 0 Å². The molecule has 0 aliphatic carbocycles. The number of carbonyl (C=O) groups excluding carboxylic acids is 1. The largest absolute Gasteiger partial charge is 0.465 e. The maximum absolute atomic E-state index is 12.9. The van der Waals surface area contributed by atoms with Crippen LogP contribution in [0.1, 0.15) is 15.4 Å². The van der Waals surface area contributed by atoms with Crippen molar-refractivity contribution in [2.24, 2.45) is 7.05 Å². The molecule has 26 heavy (non-hydrogen) atoms. The normalized spacial score (nSPS) is 15.4. The molecule has 1 fully saturated rings. The number of aromatic nitrogens is 2. The molecule has 0 radical (unpaired) electrons. The van der Waals surface area contributed by atoms with Gasteiger partial charge in [-0.3, -0.25) is 9.48 Å². The molecule has 2 aromatic rings. The molecule has 1 aliphatic rings. The van der Waals surface area contributed by atoms with Crippen molar-refractivity contribution >= 4 is 23.3 Å². The molecule has 0 atom stereocenters. The number of piperazine rings is 1. The number of aryl methyl sites for hydroxylation is 1. The van der Waals surface area contributed by atoms with Crippen LogP contribution in [0.25, 0.3) is 10.6 Å². The molecule has 3 heterocycles. The van der Waals surface area contributed by atoms with E-state index in [1.807, 2.05) is 0 Å². The highest BCUT2D eigenvalue weighted by Gasteiger charge is 2.35. The van der Waals surface area contributed by atoms with Gasteiger partial charge in [-0.15, -0.1) is 11.3 Å². The molecule has 3 rings (SSSR count). The van der Waals surface area contributed by atoms with Crippen molar-refractivity contribution in [2.75, 3.05) is 26.2 Å². The molecular weight excluding hydrogens is 373 g/mol. The van der Waals surface area contributed by atoms with Crippen molar-refractivity contribution in [1.29, 1.82) is 0 Å². The summed E-state index contributed by atoms with van der Waals surface area (Å²) in [5.41, 5.74) is -0.710. The maximum atomic E-state index is 12.9. The number of carboxylic acid groups (broad SMARTS) is 1. The Kier molecular flexibility index (Phi) is 4.65. The first-order chi connectivity index (χ1) is 12.2. The SMILES string of the molecule is Cn1nc(-c2ccc(C(=O)N3CCN(C(=O)O)CC3)s2)cc1C(F)(F)F. The summed E-state index contributed by atoms with van der Waals surface area (Å²) in [6.45, 7) is 1.02. The number of thiophene rings is 1. The van der Waals surface area contributed by atoms with Crippen LogP contribution in [0.2, 0.25) is 0 Å². The first kappa shape index (κ1) is 18.2. The second kappa shape index (κ2) is 6.63. The van der Waals surface area contributed by atoms with Crippen molar-refractivity contribution in [2.45, 2.75) is 6.18 Å². The number of halogens is 3. The van der Waals surface area contributed by atoms with E-state index < -0.39 is 18.0 Å². The predicted molar refractivity (Wildman–Crippen MR) is 87.0 cm³/mol. The minimum atomic E-state index is -4.50. The molecule has 11 heteroatoms. The van der Waals surface area contributed by atoms with Crippen LogP contribution in [-0.4, -0.2) is 62.9 Å². The topological polar surface area (TPSA) is 78.7 Å². The van der Waals surface area contributed by atoms with Crippen molar-refractivity contribution in [3.63, 3.8) is 0 Å². The summed E-state index contributed by atoms with van der Waals surface area (Å²) in [5, 5.41) is 12.8. The Labute approximate surface area is 150 Å². The maximum Gasteiger partial charge on any atom is 0.433 e. The zero-order chi connectivity index (χ0) is 19.1. The third-order valence-electron chi connectivity index (χ3n) is 4.08. The second-order valence-corrected chi connectivity index (χ2v) is 6.85. The van der Waals surface area contributed by atoms with Gasteiger partial charge in [-0.25, -0.2) is 4.79 Å². The number of rotatable bonds is 2. The monoisotopic (exact) mass is 388 g/mol. The van der Waals surface area contributed by atoms with E-state index >= 15 is 0 Å². The lowest BCUT2D eigenvalue weighted by Gasteiger charge is -2.32. The highest BCUT2D eigenvalue weighted by Crippen LogP contribution is 2.34. The van der Waals surface area contributed by atoms with Crippen molar-refractivity contribution < 1.29 is 27.9 Å². The van der Waals surface area contributed by atoms with Gasteiger partial charge < -0.3 is 14.9 Å². The molecule has 0 spiro atoms. The molecule has 7 nitrogen and oxygen atoms in total. The molecule has 140 valence electrons. The van der Waals surface area contributed by atoms with Gasteiger partial charge in [0.1, 0.15) is 11.4 Å². The lowest BCUT2D eigenvalue weighted by molar-refractivity contribution is -0.143. The van der Waals surface area contributed by atoms with E-state index in [2.05, 4.69) is 5.10 Å². The summed E-state index contributed by atoms with van der Waals surface area (Å²) in [7, 11) is 1.22. The molecule has 2 amide bonds. The van der Waals surface area contributed by atoms with Gasteiger partial charge in [-0.05, 0) is 18.2 Å². The molecule has 0 unspecified atom stereocenters. The second-order valence-electron chi connectivity index (χ2n) is 5.76. The van der Waals surface area contributed by atoms with Crippen LogP contribution in [-0.2, 0) is 13.2 Å². The number of amides is 2. The smallest absolute Gasteiger partial charge is 0.433 e. The molecule has 1 aliphatic heterocycles. The van der Waals surface area contributed by atoms with Gasteiger partial charge in [-0.2, -0.15) is 18.3 Å². The zero-order valence-electron chi connectivity index (χ0n) is 13.7. The molecule has 1 saturated heterocycles. The minimum absolute atomic E-state index is 0.152. The van der Waals surface area contributed by atoms with Crippen molar-refractivity contribution in [3.05, 3.63) is 28.8 Å². The van der Waals surface area contributed by atoms with E-state index in [0.29, 0.717) is 9.75 Å². The van der Waals surface area contributed by atoms with Gasteiger partial charge in [0, 0.05) is 33.2 Å². The van der Waals surface area contributed by atoms with Gasteiger partial charge in [-0.1, -0.05) is 0 Å². The first-order valence-corrected chi connectivity index (χ1v) is 8.47. The fraction of sp³-hybridized carbons (Fsp3) is 0.400. The average Bonchev–Trinajstić information content (AvgIpc) is 3.20. The molecular formula is C15H15F3N4O3S. The number of hydrogen-bond acceptors (Lipinski definition) is 4. The summed E-state index contributed by atoms with van der Waals surface area (Å²) < 4.78 is 39.4. The summed E-state index contributed by atoms with van der Waals surface area (Å²) in [6, 6.07) is 4.06. The summed E-state index contributed by atoms with van der Waals surface area (Å²) in [5.74, 6) is -0.265. The Morgan fingerprint density at radius 2 is 1.77 bits per heavy atom. The third kappa shape index (κ3) is 3.52. The summed E-state index contributed by atoms with van der Waals surface area (Å²) in [4.78, 5) is 27.0. The number of nitrogens with zero attached hydrogens (tertiary/aromatic N) is 4. The van der Waals surface area contributed by atoms with Crippen LogP contribution in [0.4, 0.5) is 18.0 Å². The number of alkyl halides is 3. The Bertz CT molecular complexity index is 838.